The first-order valence-electron chi connectivity index (χ1n) is 8.90. The zero-order valence-corrected chi connectivity index (χ0v) is 13.9. The normalized spacial score (nSPS) is 22.2. The van der Waals surface area contributed by atoms with Crippen molar-refractivity contribution in [2.75, 3.05) is 6.61 Å². The number of H-pyrrole nitrogens is 1. The van der Waals surface area contributed by atoms with E-state index in [4.69, 9.17) is 4.74 Å². The summed E-state index contributed by atoms with van der Waals surface area (Å²) in [6, 6.07) is 0.109. The van der Waals surface area contributed by atoms with E-state index in [1.807, 2.05) is 0 Å². The molecule has 7 heteroatoms. The van der Waals surface area contributed by atoms with Gasteiger partial charge in [0, 0.05) is 18.8 Å². The summed E-state index contributed by atoms with van der Waals surface area (Å²) in [5, 5.41) is 2.95. The molecule has 0 radical (unpaired) electrons. The quantitative estimate of drug-likeness (QED) is 0.808. The summed E-state index contributed by atoms with van der Waals surface area (Å²) >= 11 is 0. The smallest absolute Gasteiger partial charge is 0.328 e. The standard InChI is InChI=1S/C17H25N3O4/c21-15(19-12-6-3-1-2-4-7-12)14-10-18-17(23)20(16(14)22)11-13-8-5-9-24-13/h10,12-13H,1-9,11H2,(H,18,23)(H,19,21). The number of carbonyl (C=O) groups excluding carboxylic acids is 1. The zero-order chi connectivity index (χ0) is 16.9. The molecule has 1 amide bonds. The number of hydrogen-bond acceptors (Lipinski definition) is 4. The molecule has 7 nitrogen and oxygen atoms in total. The number of ether oxygens (including phenoxy) is 1. The summed E-state index contributed by atoms with van der Waals surface area (Å²) in [7, 11) is 0. The molecule has 1 saturated heterocycles. The molecule has 2 aliphatic rings. The van der Waals surface area contributed by atoms with E-state index in [0.29, 0.717) is 6.61 Å². The van der Waals surface area contributed by atoms with Crippen molar-refractivity contribution < 1.29 is 9.53 Å². The van der Waals surface area contributed by atoms with Gasteiger partial charge in [-0.1, -0.05) is 25.7 Å². The van der Waals surface area contributed by atoms with Gasteiger partial charge in [-0.2, -0.15) is 0 Å². The molecular weight excluding hydrogens is 310 g/mol. The lowest BCUT2D eigenvalue weighted by Gasteiger charge is -2.16. The average molecular weight is 335 g/mol. The fourth-order valence-corrected chi connectivity index (χ4v) is 3.52. The molecule has 1 saturated carbocycles. The van der Waals surface area contributed by atoms with Crippen LogP contribution in [-0.2, 0) is 11.3 Å². The van der Waals surface area contributed by atoms with Gasteiger partial charge in [-0.3, -0.25) is 14.2 Å². The molecule has 1 aliphatic heterocycles. The highest BCUT2D eigenvalue weighted by Crippen LogP contribution is 2.17. The molecule has 1 aromatic rings. The summed E-state index contributed by atoms with van der Waals surface area (Å²) in [6.07, 6.45) is 9.31. The summed E-state index contributed by atoms with van der Waals surface area (Å²) in [6.45, 7) is 0.845. The van der Waals surface area contributed by atoms with Gasteiger partial charge >= 0.3 is 5.69 Å². The van der Waals surface area contributed by atoms with E-state index in [-0.39, 0.29) is 24.3 Å². The number of hydrogen-bond donors (Lipinski definition) is 2. The van der Waals surface area contributed by atoms with Gasteiger partial charge in [0.2, 0.25) is 0 Å². The third kappa shape index (κ3) is 3.95. The molecule has 0 spiro atoms. The molecule has 0 aromatic carbocycles. The number of aromatic nitrogens is 2. The molecule has 0 bridgehead atoms. The Kier molecular flexibility index (Phi) is 5.50. The molecule has 2 N–H and O–H groups in total. The summed E-state index contributed by atoms with van der Waals surface area (Å²) in [5.41, 5.74) is -1.04. The average Bonchev–Trinajstić information content (AvgIpc) is 2.94. The maximum absolute atomic E-state index is 12.6. The topological polar surface area (TPSA) is 93.2 Å². The molecule has 24 heavy (non-hydrogen) atoms. The fraction of sp³-hybridized carbons (Fsp3) is 0.706. The molecule has 2 heterocycles. The first-order chi connectivity index (χ1) is 11.6. The van der Waals surface area contributed by atoms with Crippen molar-refractivity contribution in [3.63, 3.8) is 0 Å². The minimum atomic E-state index is -0.541. The Hall–Kier alpha value is -1.89. The zero-order valence-electron chi connectivity index (χ0n) is 13.9. The van der Waals surface area contributed by atoms with Crippen molar-refractivity contribution in [2.24, 2.45) is 0 Å². The Bertz CT molecular complexity index is 680. The van der Waals surface area contributed by atoms with Gasteiger partial charge in [-0.25, -0.2) is 4.79 Å². The Labute approximate surface area is 140 Å². The molecule has 1 aliphatic carbocycles. The van der Waals surface area contributed by atoms with Crippen molar-refractivity contribution in [1.82, 2.24) is 14.9 Å². The molecule has 1 atom stereocenters. The third-order valence-electron chi connectivity index (χ3n) is 4.91. The molecule has 1 aromatic heterocycles. The van der Waals surface area contributed by atoms with E-state index < -0.39 is 17.2 Å². The number of rotatable bonds is 4. The van der Waals surface area contributed by atoms with Crippen LogP contribution < -0.4 is 16.6 Å². The van der Waals surface area contributed by atoms with E-state index in [1.165, 1.54) is 19.0 Å². The van der Waals surface area contributed by atoms with Crippen LogP contribution in [0.2, 0.25) is 0 Å². The Morgan fingerprint density at radius 1 is 1.17 bits per heavy atom. The number of nitrogens with zero attached hydrogens (tertiary/aromatic N) is 1. The van der Waals surface area contributed by atoms with E-state index in [2.05, 4.69) is 10.3 Å². The van der Waals surface area contributed by atoms with E-state index in [1.54, 1.807) is 0 Å². The van der Waals surface area contributed by atoms with Crippen LogP contribution in [0.25, 0.3) is 0 Å². The van der Waals surface area contributed by atoms with Crippen LogP contribution in [0.5, 0.6) is 0 Å². The maximum atomic E-state index is 12.6. The van der Waals surface area contributed by atoms with Gasteiger partial charge in [-0.15, -0.1) is 0 Å². The summed E-state index contributed by atoms with van der Waals surface area (Å²) in [4.78, 5) is 39.5. The predicted octanol–water partition coefficient (Wildman–Crippen LogP) is 1.17. The van der Waals surface area contributed by atoms with Gasteiger partial charge in [0.25, 0.3) is 11.5 Å². The van der Waals surface area contributed by atoms with Crippen LogP contribution in [0.15, 0.2) is 15.8 Å². The van der Waals surface area contributed by atoms with Gasteiger partial charge in [-0.05, 0) is 25.7 Å². The number of amides is 1. The Morgan fingerprint density at radius 3 is 2.58 bits per heavy atom. The second kappa shape index (κ2) is 7.79. The van der Waals surface area contributed by atoms with Crippen LogP contribution >= 0.6 is 0 Å². The largest absolute Gasteiger partial charge is 0.376 e. The predicted molar refractivity (Wildman–Crippen MR) is 89.3 cm³/mol. The molecular formula is C17H25N3O4. The van der Waals surface area contributed by atoms with Crippen molar-refractivity contribution in [2.45, 2.75) is 70.1 Å². The lowest BCUT2D eigenvalue weighted by molar-refractivity contribution is 0.0911. The SMILES string of the molecule is O=C(NC1CCCCCC1)c1c[nH]c(=O)n(CC2CCCO2)c1=O. The number of aromatic amines is 1. The lowest BCUT2D eigenvalue weighted by atomic mass is 10.1. The monoisotopic (exact) mass is 335 g/mol. The van der Waals surface area contributed by atoms with Gasteiger partial charge in [0.1, 0.15) is 5.56 Å². The van der Waals surface area contributed by atoms with Crippen LogP contribution in [0.4, 0.5) is 0 Å². The fourth-order valence-electron chi connectivity index (χ4n) is 3.52. The van der Waals surface area contributed by atoms with Gasteiger partial charge in [0.15, 0.2) is 0 Å². The first-order valence-corrected chi connectivity index (χ1v) is 8.90. The van der Waals surface area contributed by atoms with E-state index in [0.717, 1.165) is 43.1 Å². The van der Waals surface area contributed by atoms with Gasteiger partial charge in [0.05, 0.1) is 12.6 Å². The number of carbonyl (C=O) groups is 1. The Morgan fingerprint density at radius 2 is 1.92 bits per heavy atom. The Balaban J connectivity index is 1.75. The summed E-state index contributed by atoms with van der Waals surface area (Å²) < 4.78 is 6.57. The molecule has 2 fully saturated rings. The van der Waals surface area contributed by atoms with Crippen molar-refractivity contribution in [1.29, 1.82) is 0 Å². The summed E-state index contributed by atoms with van der Waals surface area (Å²) in [5.74, 6) is -0.399. The van der Waals surface area contributed by atoms with Crippen molar-refractivity contribution in [3.8, 4) is 0 Å². The van der Waals surface area contributed by atoms with E-state index in [9.17, 15) is 14.4 Å². The molecule has 1 unspecified atom stereocenters. The highest BCUT2D eigenvalue weighted by molar-refractivity contribution is 5.93. The lowest BCUT2D eigenvalue weighted by Crippen LogP contribution is -2.44. The maximum Gasteiger partial charge on any atom is 0.328 e. The van der Waals surface area contributed by atoms with Crippen LogP contribution in [0.3, 0.4) is 0 Å². The number of nitrogens with one attached hydrogen (secondary N) is 2. The molecule has 132 valence electrons. The van der Waals surface area contributed by atoms with Crippen molar-refractivity contribution >= 4 is 5.91 Å². The minimum absolute atomic E-state index is 0.00292. The first kappa shape index (κ1) is 17.0. The van der Waals surface area contributed by atoms with Crippen LogP contribution in [-0.4, -0.2) is 34.2 Å². The van der Waals surface area contributed by atoms with Crippen molar-refractivity contribution in [3.05, 3.63) is 32.6 Å². The highest BCUT2D eigenvalue weighted by Gasteiger charge is 2.22. The minimum Gasteiger partial charge on any atom is -0.376 e. The highest BCUT2D eigenvalue weighted by atomic mass is 16.5. The molecule has 3 rings (SSSR count). The van der Waals surface area contributed by atoms with Crippen LogP contribution in [0, 0.1) is 0 Å². The van der Waals surface area contributed by atoms with Crippen LogP contribution in [0.1, 0.15) is 61.7 Å². The third-order valence-corrected chi connectivity index (χ3v) is 4.91. The second-order valence-electron chi connectivity index (χ2n) is 6.72. The van der Waals surface area contributed by atoms with Gasteiger partial charge < -0.3 is 15.0 Å². The van der Waals surface area contributed by atoms with E-state index >= 15 is 0 Å². The second-order valence-corrected chi connectivity index (χ2v) is 6.72.